The molecule has 0 aromatic carbocycles. The van der Waals surface area contributed by atoms with E-state index in [1.165, 1.54) is 0 Å². The molecule has 0 unspecified atom stereocenters. The van der Waals surface area contributed by atoms with Crippen LogP contribution in [-0.4, -0.2) is 273 Å². The number of hydrogen-bond donors (Lipinski definition) is 17. The van der Waals surface area contributed by atoms with Gasteiger partial charge in [0.1, 0.15) is 122 Å². The minimum absolute atomic E-state index is 0.0952. The van der Waals surface area contributed by atoms with Gasteiger partial charge in [-0.1, -0.05) is 0 Å². The molecule has 0 bridgehead atoms. The Kier molecular flexibility index (Phi) is 17.6. The molecule has 4 rings (SSSR count). The standard InChI is InChI=1S/C30H52O26/c31-1-7-13(37)17(41)21(45)27(49-7)53-11(5-35)25(55-29-23(47)19(43)15(39)9(3-33)51-29)26(56-30-24(48)20(44)16(40)10(4-34)52-30)12(6-36)54-28-22(46)18(42)14(38)8(2-32)50-28/h5,7-34,36-48H,1-4,6H2/t7-,8-,9-,10-,11+,12-,13-,14-,15-,16-,17+,18+,19+,20+,21-,22-,23-,24-,25-,26-,27-,28-,29-,30-/m1/s1. The quantitative estimate of drug-likeness (QED) is 0.0605. The van der Waals surface area contributed by atoms with Gasteiger partial charge in [0.05, 0.1) is 33.0 Å². The van der Waals surface area contributed by atoms with Crippen molar-refractivity contribution >= 4 is 6.29 Å². The second-order valence-corrected chi connectivity index (χ2v) is 13.6. The van der Waals surface area contributed by atoms with Gasteiger partial charge in [-0.3, -0.25) is 0 Å². The Bertz CT molecular complexity index is 1180. The normalized spacial score (nSPS) is 47.2. The van der Waals surface area contributed by atoms with Gasteiger partial charge in [-0.15, -0.1) is 0 Å². The van der Waals surface area contributed by atoms with Crippen molar-refractivity contribution in [3.8, 4) is 0 Å². The summed E-state index contributed by atoms with van der Waals surface area (Å²) in [4.78, 5) is 12.9. The van der Waals surface area contributed by atoms with Gasteiger partial charge in [0.15, 0.2) is 31.4 Å². The minimum Gasteiger partial charge on any atom is -0.394 e. The summed E-state index contributed by atoms with van der Waals surface area (Å²) in [6.45, 7) is -5.23. The van der Waals surface area contributed by atoms with Crippen molar-refractivity contribution < 1.29 is 130 Å². The first-order valence-electron chi connectivity index (χ1n) is 17.4. The molecule has 0 saturated carbocycles. The smallest absolute Gasteiger partial charge is 0.187 e. The molecule has 4 heterocycles. The van der Waals surface area contributed by atoms with Crippen LogP contribution in [0.5, 0.6) is 0 Å². The van der Waals surface area contributed by atoms with Gasteiger partial charge in [-0.05, 0) is 0 Å². The number of aldehydes is 1. The number of carbonyl (C=O) groups is 1. The van der Waals surface area contributed by atoms with E-state index in [4.69, 9.17) is 37.9 Å². The topological polar surface area (TPSA) is 435 Å². The lowest BCUT2D eigenvalue weighted by molar-refractivity contribution is -0.374. The fourth-order valence-corrected chi connectivity index (χ4v) is 6.49. The van der Waals surface area contributed by atoms with Crippen molar-refractivity contribution in [2.45, 2.75) is 147 Å². The van der Waals surface area contributed by atoms with Crippen LogP contribution in [0.15, 0.2) is 0 Å². The fourth-order valence-electron chi connectivity index (χ4n) is 6.49. The Morgan fingerprint density at radius 1 is 0.393 bits per heavy atom. The molecule has 0 amide bonds. The highest BCUT2D eigenvalue weighted by molar-refractivity contribution is 5.57. The Hall–Kier alpha value is -1.33. The van der Waals surface area contributed by atoms with Crippen LogP contribution in [0.3, 0.4) is 0 Å². The molecule has 4 saturated heterocycles. The molecule has 0 radical (unpaired) electrons. The number of aliphatic hydroxyl groups is 17. The van der Waals surface area contributed by atoms with Crippen molar-refractivity contribution in [3.63, 3.8) is 0 Å². The maximum Gasteiger partial charge on any atom is 0.187 e. The summed E-state index contributed by atoms with van der Waals surface area (Å²) in [5, 5.41) is 176. The summed E-state index contributed by atoms with van der Waals surface area (Å²) in [5.41, 5.74) is 0. The highest BCUT2D eigenvalue weighted by atomic mass is 16.8. The largest absolute Gasteiger partial charge is 0.394 e. The number of aliphatic hydroxyl groups excluding tert-OH is 17. The molecule has 0 spiro atoms. The molecule has 56 heavy (non-hydrogen) atoms. The van der Waals surface area contributed by atoms with Crippen molar-refractivity contribution in [3.05, 3.63) is 0 Å². The highest BCUT2D eigenvalue weighted by Crippen LogP contribution is 2.33. The van der Waals surface area contributed by atoms with Crippen LogP contribution >= 0.6 is 0 Å². The van der Waals surface area contributed by atoms with E-state index in [2.05, 4.69) is 0 Å². The summed E-state index contributed by atoms with van der Waals surface area (Å²) in [7, 11) is 0. The third-order valence-corrected chi connectivity index (χ3v) is 9.90. The molecule has 24 atom stereocenters. The lowest BCUT2D eigenvalue weighted by Gasteiger charge is -2.47. The molecule has 4 fully saturated rings. The van der Waals surface area contributed by atoms with Crippen molar-refractivity contribution in [2.24, 2.45) is 0 Å². The Balaban J connectivity index is 1.83. The zero-order valence-electron chi connectivity index (χ0n) is 29.2. The molecule has 4 aliphatic rings. The van der Waals surface area contributed by atoms with Gasteiger partial charge >= 0.3 is 0 Å². The van der Waals surface area contributed by atoms with Crippen molar-refractivity contribution in [2.75, 3.05) is 33.0 Å². The molecule has 0 aromatic heterocycles. The lowest BCUT2D eigenvalue weighted by atomic mass is 9.96. The van der Waals surface area contributed by atoms with Crippen molar-refractivity contribution in [1.29, 1.82) is 0 Å². The molecule has 328 valence electrons. The average molecular weight is 829 g/mol. The van der Waals surface area contributed by atoms with Gasteiger partial charge in [-0.2, -0.15) is 0 Å². The Morgan fingerprint density at radius 3 is 0.964 bits per heavy atom. The van der Waals surface area contributed by atoms with E-state index >= 15 is 0 Å². The molecule has 17 N–H and O–H groups in total. The van der Waals surface area contributed by atoms with Crippen molar-refractivity contribution in [1.82, 2.24) is 0 Å². The second kappa shape index (κ2) is 20.8. The van der Waals surface area contributed by atoms with Gasteiger partial charge in [-0.25, -0.2) is 0 Å². The van der Waals surface area contributed by atoms with Gasteiger partial charge in [0.2, 0.25) is 0 Å². The Morgan fingerprint density at radius 2 is 0.679 bits per heavy atom. The predicted octanol–water partition coefficient (Wildman–Crippen LogP) is -12.1. The minimum atomic E-state index is -2.37. The lowest BCUT2D eigenvalue weighted by Crippen LogP contribution is -2.66. The summed E-state index contributed by atoms with van der Waals surface area (Å²) in [6.07, 6.45) is -49.4. The molecule has 26 heteroatoms. The first-order chi connectivity index (χ1) is 26.5. The number of rotatable bonds is 17. The van der Waals surface area contributed by atoms with E-state index in [0.717, 1.165) is 0 Å². The summed E-state index contributed by atoms with van der Waals surface area (Å²) in [6, 6.07) is 0. The first kappa shape index (κ1) is 47.3. The maximum atomic E-state index is 12.9. The Labute approximate surface area is 316 Å². The van der Waals surface area contributed by atoms with Gasteiger partial charge < -0.3 is 130 Å². The van der Waals surface area contributed by atoms with E-state index < -0.39 is 180 Å². The third kappa shape index (κ3) is 9.99. The number of carbonyl (C=O) groups excluding carboxylic acids is 1. The first-order valence-corrected chi connectivity index (χ1v) is 17.4. The molecule has 0 aliphatic carbocycles. The van der Waals surface area contributed by atoms with Crippen LogP contribution in [0, 0.1) is 0 Å². The second-order valence-electron chi connectivity index (χ2n) is 13.6. The summed E-state index contributed by atoms with van der Waals surface area (Å²) < 4.78 is 44.5. The van der Waals surface area contributed by atoms with Crippen LogP contribution in [0.25, 0.3) is 0 Å². The third-order valence-electron chi connectivity index (χ3n) is 9.90. The van der Waals surface area contributed by atoms with Gasteiger partial charge in [0, 0.05) is 0 Å². The highest BCUT2D eigenvalue weighted by Gasteiger charge is 2.54. The molecule has 26 nitrogen and oxygen atoms in total. The molecule has 0 aromatic rings. The van der Waals surface area contributed by atoms with Crippen LogP contribution in [0.4, 0.5) is 0 Å². The van der Waals surface area contributed by atoms with E-state index in [-0.39, 0.29) is 6.29 Å². The summed E-state index contributed by atoms with van der Waals surface area (Å²) in [5.74, 6) is 0. The zero-order chi connectivity index (χ0) is 41.8. The average Bonchev–Trinajstić information content (AvgIpc) is 3.20. The van der Waals surface area contributed by atoms with E-state index in [0.29, 0.717) is 0 Å². The molecule has 4 aliphatic heterocycles. The number of ether oxygens (including phenoxy) is 8. The summed E-state index contributed by atoms with van der Waals surface area (Å²) >= 11 is 0. The van der Waals surface area contributed by atoms with Crippen LogP contribution in [-0.2, 0) is 42.7 Å². The van der Waals surface area contributed by atoms with E-state index in [1.807, 2.05) is 0 Å². The number of hydrogen-bond acceptors (Lipinski definition) is 26. The SMILES string of the molecule is O=C[C@H](O[C@H]1O[C@H](CO)[C@@H](O)[C@H](O)[C@H]1O)[C@@H](O[C@H]1O[C@H](CO)[C@@H](O)[C@H](O)[C@H]1O)[C@H](O[C@H]1O[C@H](CO)[C@@H](O)[C@H](O)[C@H]1O)[C@@H](CO)O[C@H]1O[C@H](CO)[C@@H](O)[C@H](O)[C@H]1O. The molecular weight excluding hydrogens is 776 g/mol. The predicted molar refractivity (Wildman–Crippen MR) is 168 cm³/mol. The zero-order valence-corrected chi connectivity index (χ0v) is 29.2. The van der Waals surface area contributed by atoms with E-state index in [9.17, 15) is 91.6 Å². The van der Waals surface area contributed by atoms with Gasteiger partial charge in [0.25, 0.3) is 0 Å². The fraction of sp³-hybridized carbons (Fsp3) is 0.967. The van der Waals surface area contributed by atoms with Crippen LogP contribution in [0.1, 0.15) is 0 Å². The van der Waals surface area contributed by atoms with Crippen LogP contribution < -0.4 is 0 Å². The van der Waals surface area contributed by atoms with E-state index in [1.54, 1.807) is 0 Å². The maximum absolute atomic E-state index is 12.9. The molecular formula is C30H52O26. The van der Waals surface area contributed by atoms with Crippen LogP contribution in [0.2, 0.25) is 0 Å². The monoisotopic (exact) mass is 828 g/mol.